The molecule has 1 N–H and O–H groups in total. The van der Waals surface area contributed by atoms with Crippen molar-refractivity contribution in [3.8, 4) is 0 Å². The van der Waals surface area contributed by atoms with Crippen LogP contribution in [0, 0.1) is 6.92 Å². The van der Waals surface area contributed by atoms with Gasteiger partial charge in [-0.15, -0.1) is 0 Å². The van der Waals surface area contributed by atoms with E-state index >= 15 is 0 Å². The first-order valence-corrected chi connectivity index (χ1v) is 11.5. The quantitative estimate of drug-likeness (QED) is 0.315. The zero-order chi connectivity index (χ0) is 22.5. The highest BCUT2D eigenvalue weighted by Crippen LogP contribution is 2.20. The highest BCUT2D eigenvalue weighted by molar-refractivity contribution is 7.99. The molecule has 0 saturated heterocycles. The van der Waals surface area contributed by atoms with Crippen LogP contribution >= 0.6 is 23.4 Å². The largest absolute Gasteiger partial charge is 0.351 e. The van der Waals surface area contributed by atoms with Crippen LogP contribution in [0.2, 0.25) is 5.02 Å². The summed E-state index contributed by atoms with van der Waals surface area (Å²) in [6.45, 7) is 2.81. The van der Waals surface area contributed by atoms with Crippen molar-refractivity contribution in [2.75, 3.05) is 5.75 Å². The lowest BCUT2D eigenvalue weighted by Gasteiger charge is -2.13. The number of benzene rings is 3. The minimum Gasteiger partial charge on any atom is -0.351 e. The molecule has 0 aliphatic carbocycles. The summed E-state index contributed by atoms with van der Waals surface area (Å²) in [6.07, 6.45) is 0. The molecule has 32 heavy (non-hydrogen) atoms. The van der Waals surface area contributed by atoms with E-state index < -0.39 is 0 Å². The Morgan fingerprint density at radius 2 is 1.81 bits per heavy atom. The van der Waals surface area contributed by atoms with Crippen molar-refractivity contribution >= 4 is 40.2 Å². The molecular formula is C25H22ClN3O2S. The number of carbonyl (C=O) groups is 1. The molecule has 0 fully saturated rings. The van der Waals surface area contributed by atoms with Gasteiger partial charge in [0.15, 0.2) is 5.16 Å². The van der Waals surface area contributed by atoms with Crippen LogP contribution in [-0.2, 0) is 17.9 Å². The number of para-hydroxylation sites is 1. The predicted octanol–water partition coefficient (Wildman–Crippen LogP) is 4.82. The molecule has 1 aromatic heterocycles. The molecular weight excluding hydrogens is 442 g/mol. The molecule has 0 spiro atoms. The van der Waals surface area contributed by atoms with E-state index in [2.05, 4.69) is 10.3 Å². The molecule has 0 bridgehead atoms. The lowest BCUT2D eigenvalue weighted by Crippen LogP contribution is -2.27. The number of hydrogen-bond donors (Lipinski definition) is 1. The molecule has 5 nitrogen and oxygen atoms in total. The van der Waals surface area contributed by atoms with Crippen molar-refractivity contribution in [2.24, 2.45) is 0 Å². The van der Waals surface area contributed by atoms with Crippen LogP contribution in [0.1, 0.15) is 16.7 Å². The molecule has 4 aromatic rings. The van der Waals surface area contributed by atoms with Crippen molar-refractivity contribution in [3.63, 3.8) is 0 Å². The zero-order valence-electron chi connectivity index (χ0n) is 17.5. The SMILES string of the molecule is Cc1ccc(CNC(=O)CSc2nc3ccccc3c(=O)n2Cc2cccc(Cl)c2)cc1. The maximum absolute atomic E-state index is 13.2. The molecule has 162 valence electrons. The molecule has 7 heteroatoms. The molecule has 1 heterocycles. The maximum Gasteiger partial charge on any atom is 0.262 e. The Hall–Kier alpha value is -3.09. The number of rotatable bonds is 7. The fraction of sp³-hybridized carbons (Fsp3) is 0.160. The van der Waals surface area contributed by atoms with Gasteiger partial charge in [0.05, 0.1) is 23.2 Å². The number of carbonyl (C=O) groups excluding carboxylic acids is 1. The average molecular weight is 464 g/mol. The standard InChI is InChI=1S/C25H22ClN3O2S/c1-17-9-11-18(12-10-17)14-27-23(30)16-32-25-28-22-8-3-2-7-21(22)24(31)29(25)15-19-5-4-6-20(26)13-19/h2-13H,14-16H2,1H3,(H,27,30). The van der Waals surface area contributed by atoms with E-state index in [1.807, 2.05) is 67.6 Å². The van der Waals surface area contributed by atoms with Crippen LogP contribution in [0.4, 0.5) is 0 Å². The summed E-state index contributed by atoms with van der Waals surface area (Å²) >= 11 is 7.37. The lowest BCUT2D eigenvalue weighted by molar-refractivity contribution is -0.118. The summed E-state index contributed by atoms with van der Waals surface area (Å²) < 4.78 is 1.60. The Labute approximate surface area is 195 Å². The third kappa shape index (κ3) is 5.39. The Bertz CT molecular complexity index is 1320. The fourth-order valence-electron chi connectivity index (χ4n) is 3.30. The van der Waals surface area contributed by atoms with Crippen molar-refractivity contribution in [2.45, 2.75) is 25.2 Å². The van der Waals surface area contributed by atoms with Gasteiger partial charge >= 0.3 is 0 Å². The second-order valence-electron chi connectivity index (χ2n) is 7.48. The van der Waals surface area contributed by atoms with Crippen LogP contribution < -0.4 is 10.9 Å². The van der Waals surface area contributed by atoms with E-state index in [-0.39, 0.29) is 17.2 Å². The number of nitrogens with one attached hydrogen (secondary N) is 1. The number of hydrogen-bond acceptors (Lipinski definition) is 4. The van der Waals surface area contributed by atoms with Crippen LogP contribution in [0.15, 0.2) is 82.7 Å². The molecule has 4 rings (SSSR count). The Kier molecular flexibility index (Phi) is 6.93. The Morgan fingerprint density at radius 3 is 2.59 bits per heavy atom. The maximum atomic E-state index is 13.2. The molecule has 0 saturated carbocycles. The van der Waals surface area contributed by atoms with Gasteiger partial charge in [-0.2, -0.15) is 0 Å². The first-order valence-electron chi connectivity index (χ1n) is 10.2. The van der Waals surface area contributed by atoms with Crippen LogP contribution in [0.5, 0.6) is 0 Å². The summed E-state index contributed by atoms with van der Waals surface area (Å²) in [7, 11) is 0. The van der Waals surface area contributed by atoms with E-state index in [0.717, 1.165) is 11.1 Å². The number of thioether (sulfide) groups is 1. The predicted molar refractivity (Wildman–Crippen MR) is 130 cm³/mol. The van der Waals surface area contributed by atoms with E-state index in [0.29, 0.717) is 34.2 Å². The third-order valence-electron chi connectivity index (χ3n) is 5.00. The minimum absolute atomic E-state index is 0.118. The fourth-order valence-corrected chi connectivity index (χ4v) is 4.34. The number of amides is 1. The van der Waals surface area contributed by atoms with Gasteiger partial charge in [0.2, 0.25) is 5.91 Å². The van der Waals surface area contributed by atoms with Crippen molar-refractivity contribution in [1.29, 1.82) is 0 Å². The number of aryl methyl sites for hydroxylation is 1. The van der Waals surface area contributed by atoms with Crippen LogP contribution in [-0.4, -0.2) is 21.2 Å². The molecule has 0 aliphatic rings. The molecule has 1 amide bonds. The number of fused-ring (bicyclic) bond motifs is 1. The van der Waals surface area contributed by atoms with Crippen molar-refractivity contribution in [3.05, 3.63) is 105 Å². The number of halogens is 1. The first kappa shape index (κ1) is 22.1. The minimum atomic E-state index is -0.141. The van der Waals surface area contributed by atoms with E-state index in [1.54, 1.807) is 16.7 Å². The number of aromatic nitrogens is 2. The van der Waals surface area contributed by atoms with Gasteiger partial charge in [0, 0.05) is 11.6 Å². The summed E-state index contributed by atoms with van der Waals surface area (Å²) in [5.41, 5.74) is 3.58. The highest BCUT2D eigenvalue weighted by Gasteiger charge is 2.14. The second-order valence-corrected chi connectivity index (χ2v) is 8.86. The van der Waals surface area contributed by atoms with Gasteiger partial charge in [0.1, 0.15) is 0 Å². The zero-order valence-corrected chi connectivity index (χ0v) is 19.1. The topological polar surface area (TPSA) is 64.0 Å². The van der Waals surface area contributed by atoms with Gasteiger partial charge in [-0.3, -0.25) is 14.2 Å². The van der Waals surface area contributed by atoms with Gasteiger partial charge in [-0.05, 0) is 42.3 Å². The van der Waals surface area contributed by atoms with Gasteiger partial charge < -0.3 is 5.32 Å². The normalized spacial score (nSPS) is 10.9. The highest BCUT2D eigenvalue weighted by atomic mass is 35.5. The van der Waals surface area contributed by atoms with Gasteiger partial charge in [-0.1, -0.05) is 77.5 Å². The Balaban J connectivity index is 1.54. The summed E-state index contributed by atoms with van der Waals surface area (Å²) in [5.74, 6) is 0.0407. The van der Waals surface area contributed by atoms with E-state index in [9.17, 15) is 9.59 Å². The van der Waals surface area contributed by atoms with Crippen LogP contribution in [0.25, 0.3) is 10.9 Å². The van der Waals surface area contributed by atoms with E-state index in [4.69, 9.17) is 11.6 Å². The lowest BCUT2D eigenvalue weighted by atomic mass is 10.1. The molecule has 0 radical (unpaired) electrons. The van der Waals surface area contributed by atoms with Crippen molar-refractivity contribution < 1.29 is 4.79 Å². The van der Waals surface area contributed by atoms with Gasteiger partial charge in [-0.25, -0.2) is 4.98 Å². The third-order valence-corrected chi connectivity index (χ3v) is 6.21. The summed E-state index contributed by atoms with van der Waals surface area (Å²) in [5, 5.41) is 4.57. The molecule has 0 aliphatic heterocycles. The monoisotopic (exact) mass is 463 g/mol. The average Bonchev–Trinajstić information content (AvgIpc) is 2.79. The smallest absolute Gasteiger partial charge is 0.262 e. The Morgan fingerprint density at radius 1 is 1.03 bits per heavy atom. The second kappa shape index (κ2) is 10.0. The van der Waals surface area contributed by atoms with Crippen molar-refractivity contribution in [1.82, 2.24) is 14.9 Å². The first-order chi connectivity index (χ1) is 15.5. The molecule has 0 unspecified atom stereocenters. The summed E-state index contributed by atoms with van der Waals surface area (Å²) in [6, 6.07) is 22.6. The molecule has 0 atom stereocenters. The molecule has 3 aromatic carbocycles. The summed E-state index contributed by atoms with van der Waals surface area (Å²) in [4.78, 5) is 30.3. The van der Waals surface area contributed by atoms with Gasteiger partial charge in [0.25, 0.3) is 5.56 Å². The van der Waals surface area contributed by atoms with Crippen LogP contribution in [0.3, 0.4) is 0 Å². The van der Waals surface area contributed by atoms with E-state index in [1.165, 1.54) is 17.3 Å². The number of nitrogens with zero attached hydrogens (tertiary/aromatic N) is 2.